The quantitative estimate of drug-likeness (QED) is 0.745. The average molecular weight is 384 g/mol. The lowest BCUT2D eigenvalue weighted by Crippen LogP contribution is -2.52. The molecule has 0 spiro atoms. The highest BCUT2D eigenvalue weighted by atomic mass is 35.5. The first-order chi connectivity index (χ1) is 12.4. The molecule has 0 saturated carbocycles. The third-order valence-electron chi connectivity index (χ3n) is 4.37. The van der Waals surface area contributed by atoms with Crippen LogP contribution in [-0.4, -0.2) is 52.1 Å². The highest BCUT2D eigenvalue weighted by Gasteiger charge is 2.44. The molecule has 26 heavy (non-hydrogen) atoms. The van der Waals surface area contributed by atoms with Gasteiger partial charge in [0.25, 0.3) is 0 Å². The standard InChI is InChI=1S/C18H19ClFNO5/c1-25-13-3-2-6-21-12(13)8-10-7-9(4-5-11(10)19)17-16(23)15(22)14(20)18(24)26-17/h2-7,14-18,22-24H,8H2,1H3/t14?,15-,16+,17-,18-/m0/s1. The average Bonchev–Trinajstić information content (AvgIpc) is 2.65. The first kappa shape index (κ1) is 19.0. The fraction of sp³-hybridized carbons (Fsp3) is 0.389. The van der Waals surface area contributed by atoms with Gasteiger partial charge in [-0.1, -0.05) is 23.7 Å². The lowest BCUT2D eigenvalue weighted by atomic mass is 9.93. The van der Waals surface area contributed by atoms with Crippen LogP contribution in [0.25, 0.3) is 0 Å². The maximum atomic E-state index is 13.6. The molecule has 8 heteroatoms. The van der Waals surface area contributed by atoms with E-state index in [0.29, 0.717) is 34.0 Å². The van der Waals surface area contributed by atoms with Gasteiger partial charge < -0.3 is 24.8 Å². The number of hydrogen-bond acceptors (Lipinski definition) is 6. The Morgan fingerprint density at radius 2 is 2.00 bits per heavy atom. The summed E-state index contributed by atoms with van der Waals surface area (Å²) >= 11 is 6.27. The summed E-state index contributed by atoms with van der Waals surface area (Å²) in [4.78, 5) is 4.28. The van der Waals surface area contributed by atoms with Crippen molar-refractivity contribution in [2.45, 2.75) is 37.2 Å². The summed E-state index contributed by atoms with van der Waals surface area (Å²) in [7, 11) is 1.54. The largest absolute Gasteiger partial charge is 0.495 e. The second-order valence-corrected chi connectivity index (χ2v) is 6.46. The molecular weight excluding hydrogens is 365 g/mol. The third kappa shape index (κ3) is 3.67. The van der Waals surface area contributed by atoms with Crippen molar-refractivity contribution < 1.29 is 29.2 Å². The van der Waals surface area contributed by atoms with Crippen molar-refractivity contribution in [3.8, 4) is 5.75 Å². The Kier molecular flexibility index (Phi) is 5.74. The fourth-order valence-corrected chi connectivity index (χ4v) is 3.13. The zero-order chi connectivity index (χ0) is 18.8. The Morgan fingerprint density at radius 1 is 1.23 bits per heavy atom. The fourth-order valence-electron chi connectivity index (χ4n) is 2.95. The maximum absolute atomic E-state index is 13.6. The summed E-state index contributed by atoms with van der Waals surface area (Å²) < 4.78 is 24.0. The molecule has 140 valence electrons. The summed E-state index contributed by atoms with van der Waals surface area (Å²) in [6.07, 6.45) is -6.27. The SMILES string of the molecule is COc1cccnc1Cc1cc([C@@H]2O[C@H](O)C(F)[C@H](O)[C@H]2O)ccc1Cl. The Labute approximate surface area is 154 Å². The van der Waals surface area contributed by atoms with Gasteiger partial charge in [-0.05, 0) is 29.3 Å². The molecule has 1 fully saturated rings. The van der Waals surface area contributed by atoms with Gasteiger partial charge in [0.15, 0.2) is 12.5 Å². The van der Waals surface area contributed by atoms with Crippen molar-refractivity contribution >= 4 is 11.6 Å². The number of aliphatic hydroxyl groups excluding tert-OH is 3. The van der Waals surface area contributed by atoms with Gasteiger partial charge >= 0.3 is 0 Å². The lowest BCUT2D eigenvalue weighted by molar-refractivity contribution is -0.268. The van der Waals surface area contributed by atoms with Crippen molar-refractivity contribution in [1.29, 1.82) is 0 Å². The molecule has 1 saturated heterocycles. The van der Waals surface area contributed by atoms with Gasteiger partial charge in [0.1, 0.15) is 24.1 Å². The van der Waals surface area contributed by atoms with E-state index < -0.39 is 30.8 Å². The Morgan fingerprint density at radius 3 is 2.73 bits per heavy atom. The molecule has 3 rings (SSSR count). The van der Waals surface area contributed by atoms with Crippen LogP contribution in [0.5, 0.6) is 5.75 Å². The molecule has 5 atom stereocenters. The number of nitrogens with zero attached hydrogens (tertiary/aromatic N) is 1. The van der Waals surface area contributed by atoms with Gasteiger partial charge in [-0.15, -0.1) is 0 Å². The van der Waals surface area contributed by atoms with Crippen molar-refractivity contribution in [3.05, 3.63) is 58.4 Å². The first-order valence-corrected chi connectivity index (χ1v) is 8.40. The number of aromatic nitrogens is 1. The molecule has 0 radical (unpaired) electrons. The molecule has 0 aliphatic carbocycles. The molecule has 0 amide bonds. The van der Waals surface area contributed by atoms with Crippen LogP contribution in [0, 0.1) is 0 Å². The predicted molar refractivity (Wildman–Crippen MR) is 91.8 cm³/mol. The van der Waals surface area contributed by atoms with Crippen molar-refractivity contribution in [3.63, 3.8) is 0 Å². The molecule has 6 nitrogen and oxygen atoms in total. The summed E-state index contributed by atoms with van der Waals surface area (Å²) in [5, 5.41) is 30.0. The van der Waals surface area contributed by atoms with Gasteiger partial charge in [0.05, 0.1) is 12.8 Å². The Bertz CT molecular complexity index is 777. The summed E-state index contributed by atoms with van der Waals surface area (Å²) in [5.74, 6) is 0.606. The van der Waals surface area contributed by atoms with Crippen LogP contribution in [0.3, 0.4) is 0 Å². The minimum absolute atomic E-state index is 0.357. The zero-order valence-electron chi connectivity index (χ0n) is 13.9. The summed E-state index contributed by atoms with van der Waals surface area (Å²) in [5.41, 5.74) is 1.81. The van der Waals surface area contributed by atoms with Crippen LogP contribution in [0.1, 0.15) is 22.9 Å². The van der Waals surface area contributed by atoms with E-state index in [0.717, 1.165) is 0 Å². The molecule has 3 N–H and O–H groups in total. The second kappa shape index (κ2) is 7.85. The molecule has 1 aromatic heterocycles. The summed E-state index contributed by atoms with van der Waals surface area (Å²) in [6, 6.07) is 8.40. The van der Waals surface area contributed by atoms with E-state index in [1.54, 1.807) is 43.6 Å². The highest BCUT2D eigenvalue weighted by Crippen LogP contribution is 2.35. The van der Waals surface area contributed by atoms with Gasteiger partial charge in [-0.3, -0.25) is 4.98 Å². The van der Waals surface area contributed by atoms with E-state index in [9.17, 15) is 19.7 Å². The van der Waals surface area contributed by atoms with Gasteiger partial charge in [-0.25, -0.2) is 4.39 Å². The second-order valence-electron chi connectivity index (χ2n) is 6.05. The van der Waals surface area contributed by atoms with Crippen molar-refractivity contribution in [2.75, 3.05) is 7.11 Å². The number of aliphatic hydroxyl groups is 3. The number of rotatable bonds is 4. The maximum Gasteiger partial charge on any atom is 0.189 e. The van der Waals surface area contributed by atoms with E-state index in [1.807, 2.05) is 0 Å². The Balaban J connectivity index is 1.90. The molecule has 1 unspecified atom stereocenters. The Hall–Kier alpha value is -1.77. The molecule has 1 aromatic carbocycles. The van der Waals surface area contributed by atoms with E-state index in [1.165, 1.54) is 0 Å². The minimum atomic E-state index is -2.08. The van der Waals surface area contributed by atoms with Crippen LogP contribution in [-0.2, 0) is 11.2 Å². The van der Waals surface area contributed by atoms with Gasteiger partial charge in [0.2, 0.25) is 0 Å². The first-order valence-electron chi connectivity index (χ1n) is 8.02. The highest BCUT2D eigenvalue weighted by molar-refractivity contribution is 6.31. The molecule has 2 aromatic rings. The van der Waals surface area contributed by atoms with E-state index in [-0.39, 0.29) is 0 Å². The van der Waals surface area contributed by atoms with E-state index in [4.69, 9.17) is 21.1 Å². The number of pyridine rings is 1. The molecule has 1 aliphatic rings. The van der Waals surface area contributed by atoms with Crippen LogP contribution in [0.15, 0.2) is 36.5 Å². The zero-order valence-corrected chi connectivity index (χ0v) is 14.7. The van der Waals surface area contributed by atoms with Gasteiger partial charge in [0, 0.05) is 17.6 Å². The number of ether oxygens (including phenoxy) is 2. The molecule has 0 bridgehead atoms. The minimum Gasteiger partial charge on any atom is -0.495 e. The number of alkyl halides is 1. The number of benzene rings is 1. The topological polar surface area (TPSA) is 92.0 Å². The smallest absolute Gasteiger partial charge is 0.189 e. The monoisotopic (exact) mass is 383 g/mol. The van der Waals surface area contributed by atoms with Crippen LogP contribution in [0.2, 0.25) is 5.02 Å². The predicted octanol–water partition coefficient (Wildman–Crippen LogP) is 1.78. The van der Waals surface area contributed by atoms with Crippen molar-refractivity contribution in [2.24, 2.45) is 0 Å². The third-order valence-corrected chi connectivity index (χ3v) is 4.74. The lowest BCUT2D eigenvalue weighted by Gasteiger charge is -2.37. The number of halogens is 2. The molecular formula is C18H19ClFNO5. The van der Waals surface area contributed by atoms with Crippen LogP contribution in [0.4, 0.5) is 4.39 Å². The number of hydrogen-bond donors (Lipinski definition) is 3. The van der Waals surface area contributed by atoms with Crippen LogP contribution >= 0.6 is 11.6 Å². The normalized spacial score (nSPS) is 28.8. The number of methoxy groups -OCH3 is 1. The molecule has 1 aliphatic heterocycles. The molecule has 2 heterocycles. The van der Waals surface area contributed by atoms with E-state index in [2.05, 4.69) is 4.98 Å². The summed E-state index contributed by atoms with van der Waals surface area (Å²) in [6.45, 7) is 0. The van der Waals surface area contributed by atoms with Gasteiger partial charge in [-0.2, -0.15) is 0 Å². The van der Waals surface area contributed by atoms with E-state index >= 15 is 0 Å². The van der Waals surface area contributed by atoms with Crippen LogP contribution < -0.4 is 4.74 Å². The van der Waals surface area contributed by atoms with Crippen molar-refractivity contribution in [1.82, 2.24) is 4.98 Å².